The standard InChI is InChI=1S/C16H15N7OS/c1-22-15(19-20-21-22)23-13-8-4-3-7-12(13)18-16(23)24-10-11-6-5-9-14(17-11)25-2/h3-9H,10H2,1-2H3. The number of imidazole rings is 1. The van der Waals surface area contributed by atoms with Crippen LogP contribution >= 0.6 is 11.8 Å². The average molecular weight is 353 g/mol. The van der Waals surface area contributed by atoms with Crippen LogP contribution in [0.15, 0.2) is 47.5 Å². The van der Waals surface area contributed by atoms with Crippen molar-refractivity contribution in [3.8, 4) is 12.0 Å². The van der Waals surface area contributed by atoms with Gasteiger partial charge in [-0.25, -0.2) is 14.2 Å². The third-order valence-electron chi connectivity index (χ3n) is 3.67. The molecule has 1 aromatic carbocycles. The van der Waals surface area contributed by atoms with Crippen LogP contribution in [0.2, 0.25) is 0 Å². The number of aromatic nitrogens is 7. The molecule has 126 valence electrons. The number of benzene rings is 1. The Bertz CT molecular complexity index is 1030. The lowest BCUT2D eigenvalue weighted by molar-refractivity contribution is 0.271. The summed E-state index contributed by atoms with van der Waals surface area (Å²) in [5.41, 5.74) is 2.52. The number of rotatable bonds is 5. The van der Waals surface area contributed by atoms with E-state index in [1.54, 1.807) is 28.1 Å². The van der Waals surface area contributed by atoms with Crippen LogP contribution < -0.4 is 4.74 Å². The van der Waals surface area contributed by atoms with E-state index in [4.69, 9.17) is 4.74 Å². The van der Waals surface area contributed by atoms with E-state index in [1.165, 1.54) is 0 Å². The maximum atomic E-state index is 5.96. The zero-order chi connectivity index (χ0) is 17.2. The Labute approximate surface area is 147 Å². The molecule has 4 rings (SSSR count). The Kier molecular flexibility index (Phi) is 4.06. The zero-order valence-electron chi connectivity index (χ0n) is 13.7. The number of fused-ring (bicyclic) bond motifs is 1. The largest absolute Gasteiger partial charge is 0.458 e. The van der Waals surface area contributed by atoms with E-state index < -0.39 is 0 Å². The minimum Gasteiger partial charge on any atom is -0.458 e. The summed E-state index contributed by atoms with van der Waals surface area (Å²) in [6.07, 6.45) is 1.99. The van der Waals surface area contributed by atoms with Gasteiger partial charge in [0.15, 0.2) is 0 Å². The molecule has 0 bridgehead atoms. The van der Waals surface area contributed by atoms with Gasteiger partial charge in [-0.05, 0) is 40.9 Å². The number of para-hydroxylation sites is 2. The fourth-order valence-corrected chi connectivity index (χ4v) is 2.92. The van der Waals surface area contributed by atoms with E-state index in [9.17, 15) is 0 Å². The van der Waals surface area contributed by atoms with E-state index >= 15 is 0 Å². The third kappa shape index (κ3) is 2.93. The van der Waals surface area contributed by atoms with Crippen molar-refractivity contribution < 1.29 is 4.74 Å². The first kappa shape index (κ1) is 15.6. The molecule has 0 spiro atoms. The predicted octanol–water partition coefficient (Wildman–Crippen LogP) is 2.24. The van der Waals surface area contributed by atoms with Gasteiger partial charge in [0, 0.05) is 7.05 Å². The van der Waals surface area contributed by atoms with Crippen LogP contribution in [0.4, 0.5) is 0 Å². The summed E-state index contributed by atoms with van der Waals surface area (Å²) in [6, 6.07) is 14.0. The van der Waals surface area contributed by atoms with Crippen LogP contribution in [-0.4, -0.2) is 41.0 Å². The van der Waals surface area contributed by atoms with Gasteiger partial charge in [0.25, 0.3) is 5.95 Å². The molecule has 0 fully saturated rings. The summed E-state index contributed by atoms with van der Waals surface area (Å²) in [5.74, 6) is 0.537. The van der Waals surface area contributed by atoms with E-state index in [-0.39, 0.29) is 0 Å². The number of aryl methyl sites for hydroxylation is 1. The third-order valence-corrected chi connectivity index (χ3v) is 4.31. The topological polar surface area (TPSA) is 83.5 Å². The monoisotopic (exact) mass is 353 g/mol. The molecule has 9 heteroatoms. The lowest BCUT2D eigenvalue weighted by atomic mass is 10.3. The van der Waals surface area contributed by atoms with Crippen LogP contribution in [0.5, 0.6) is 6.01 Å². The Morgan fingerprint density at radius 3 is 2.76 bits per heavy atom. The Balaban J connectivity index is 1.73. The number of nitrogens with zero attached hydrogens (tertiary/aromatic N) is 7. The van der Waals surface area contributed by atoms with Crippen LogP contribution in [0.1, 0.15) is 5.69 Å². The molecule has 3 heterocycles. The number of ether oxygens (including phenoxy) is 1. The zero-order valence-corrected chi connectivity index (χ0v) is 14.5. The molecule has 0 radical (unpaired) electrons. The predicted molar refractivity (Wildman–Crippen MR) is 93.8 cm³/mol. The second kappa shape index (κ2) is 6.52. The number of tetrazole rings is 1. The van der Waals surface area contributed by atoms with E-state index in [0.29, 0.717) is 18.6 Å². The molecule has 25 heavy (non-hydrogen) atoms. The van der Waals surface area contributed by atoms with Gasteiger partial charge in [0.2, 0.25) is 0 Å². The van der Waals surface area contributed by atoms with Crippen molar-refractivity contribution in [2.75, 3.05) is 6.26 Å². The molecule has 0 N–H and O–H groups in total. The summed E-state index contributed by atoms with van der Waals surface area (Å²) in [5, 5.41) is 12.6. The Morgan fingerprint density at radius 1 is 1.08 bits per heavy atom. The number of pyridine rings is 1. The summed E-state index contributed by atoms with van der Waals surface area (Å²) < 4.78 is 9.33. The maximum Gasteiger partial charge on any atom is 0.305 e. The van der Waals surface area contributed by atoms with Gasteiger partial charge in [0.05, 0.1) is 21.8 Å². The Morgan fingerprint density at radius 2 is 1.96 bits per heavy atom. The highest BCUT2D eigenvalue weighted by molar-refractivity contribution is 7.98. The lowest BCUT2D eigenvalue weighted by Gasteiger charge is -2.08. The van der Waals surface area contributed by atoms with Gasteiger partial charge in [-0.1, -0.05) is 23.3 Å². The molecule has 0 aliphatic rings. The molecule has 0 saturated carbocycles. The van der Waals surface area contributed by atoms with Crippen molar-refractivity contribution in [2.24, 2.45) is 7.05 Å². The van der Waals surface area contributed by atoms with E-state index in [2.05, 4.69) is 25.5 Å². The van der Waals surface area contributed by atoms with Crippen molar-refractivity contribution in [1.29, 1.82) is 0 Å². The van der Waals surface area contributed by atoms with Gasteiger partial charge in [-0.3, -0.25) is 0 Å². The molecule has 0 unspecified atom stereocenters. The number of thioether (sulfide) groups is 1. The lowest BCUT2D eigenvalue weighted by Crippen LogP contribution is -2.08. The fraction of sp³-hybridized carbons (Fsp3) is 0.188. The van der Waals surface area contributed by atoms with E-state index in [1.807, 2.05) is 48.7 Å². The van der Waals surface area contributed by atoms with Crippen molar-refractivity contribution >= 4 is 22.8 Å². The highest BCUT2D eigenvalue weighted by atomic mass is 32.2. The summed E-state index contributed by atoms with van der Waals surface area (Å²) in [4.78, 5) is 9.09. The fourth-order valence-electron chi connectivity index (χ4n) is 2.50. The van der Waals surface area contributed by atoms with Crippen LogP contribution in [0, 0.1) is 0 Å². The summed E-state index contributed by atoms with van der Waals surface area (Å²) >= 11 is 1.59. The van der Waals surface area contributed by atoms with E-state index in [0.717, 1.165) is 21.8 Å². The van der Waals surface area contributed by atoms with Crippen molar-refractivity contribution in [1.82, 2.24) is 34.7 Å². The summed E-state index contributed by atoms with van der Waals surface area (Å²) in [6.45, 7) is 0.309. The van der Waals surface area contributed by atoms with Gasteiger partial charge < -0.3 is 4.74 Å². The average Bonchev–Trinajstić information content (AvgIpc) is 3.22. The van der Waals surface area contributed by atoms with Gasteiger partial charge >= 0.3 is 6.01 Å². The smallest absolute Gasteiger partial charge is 0.305 e. The number of hydrogen-bond donors (Lipinski definition) is 0. The highest BCUT2D eigenvalue weighted by Gasteiger charge is 2.18. The Hall–Kier alpha value is -2.94. The quantitative estimate of drug-likeness (QED) is 0.509. The van der Waals surface area contributed by atoms with Crippen molar-refractivity contribution in [2.45, 2.75) is 11.6 Å². The van der Waals surface area contributed by atoms with Crippen LogP contribution in [-0.2, 0) is 13.7 Å². The number of hydrogen-bond acceptors (Lipinski definition) is 7. The molecule has 0 aliphatic heterocycles. The molecule has 0 atom stereocenters. The first-order valence-electron chi connectivity index (χ1n) is 7.59. The maximum absolute atomic E-state index is 5.96. The SMILES string of the molecule is CSc1cccc(COc2nc3ccccc3n2-c2nnnn2C)n1. The first-order chi connectivity index (χ1) is 12.3. The van der Waals surface area contributed by atoms with Crippen molar-refractivity contribution in [3.05, 3.63) is 48.2 Å². The normalized spacial score (nSPS) is 11.1. The molecule has 0 aliphatic carbocycles. The molecular weight excluding hydrogens is 338 g/mol. The minimum absolute atomic E-state index is 0.309. The molecule has 4 aromatic rings. The van der Waals surface area contributed by atoms with Gasteiger partial charge in [-0.15, -0.1) is 11.8 Å². The first-order valence-corrected chi connectivity index (χ1v) is 8.81. The van der Waals surface area contributed by atoms with Crippen molar-refractivity contribution in [3.63, 3.8) is 0 Å². The van der Waals surface area contributed by atoms with Gasteiger partial charge in [-0.2, -0.15) is 4.98 Å². The van der Waals surface area contributed by atoms with Crippen LogP contribution in [0.25, 0.3) is 17.0 Å². The molecule has 0 amide bonds. The second-order valence-electron chi connectivity index (χ2n) is 5.28. The highest BCUT2D eigenvalue weighted by Crippen LogP contribution is 2.25. The molecule has 3 aromatic heterocycles. The molecular formula is C16H15N7OS. The summed E-state index contributed by atoms with van der Waals surface area (Å²) in [7, 11) is 1.78. The van der Waals surface area contributed by atoms with Gasteiger partial charge in [0.1, 0.15) is 6.61 Å². The molecule has 8 nitrogen and oxygen atoms in total. The van der Waals surface area contributed by atoms with Crippen LogP contribution in [0.3, 0.4) is 0 Å². The molecule has 0 saturated heterocycles. The second-order valence-corrected chi connectivity index (χ2v) is 6.11. The minimum atomic E-state index is 0.309.